The Hall–Kier alpha value is -2.38. The molecule has 8 nitrogen and oxygen atoms in total. The Morgan fingerprint density at radius 3 is 2.56 bits per heavy atom. The Labute approximate surface area is 101 Å². The van der Waals surface area contributed by atoms with Gasteiger partial charge in [0.15, 0.2) is 0 Å². The molecule has 0 aliphatic carbocycles. The lowest BCUT2D eigenvalue weighted by Gasteiger charge is -2.15. The normalized spacial score (nSPS) is 10.1. The van der Waals surface area contributed by atoms with E-state index in [2.05, 4.69) is 4.98 Å². The number of carbonyl (C=O) groups excluding carboxylic acids is 1. The summed E-state index contributed by atoms with van der Waals surface area (Å²) in [5.41, 5.74) is -1.08. The van der Waals surface area contributed by atoms with Gasteiger partial charge in [-0.2, -0.15) is 0 Å². The van der Waals surface area contributed by atoms with Crippen LogP contribution in [0, 0.1) is 0 Å². The Balaban J connectivity index is 2.66. The number of carboxylic acid groups (broad SMARTS) is 1. The van der Waals surface area contributed by atoms with Gasteiger partial charge in [-0.15, -0.1) is 0 Å². The van der Waals surface area contributed by atoms with Crippen LogP contribution in [-0.4, -0.2) is 45.4 Å². The van der Waals surface area contributed by atoms with Gasteiger partial charge in [0, 0.05) is 25.4 Å². The second-order valence-corrected chi connectivity index (χ2v) is 3.75. The number of rotatable bonds is 5. The van der Waals surface area contributed by atoms with Crippen molar-refractivity contribution in [3.63, 3.8) is 0 Å². The van der Waals surface area contributed by atoms with E-state index in [9.17, 15) is 19.2 Å². The van der Waals surface area contributed by atoms with Crippen molar-refractivity contribution in [3.8, 4) is 0 Å². The second-order valence-electron chi connectivity index (χ2n) is 3.75. The highest BCUT2D eigenvalue weighted by Crippen LogP contribution is 1.95. The van der Waals surface area contributed by atoms with Gasteiger partial charge in [0.05, 0.1) is 12.8 Å². The standard InChI is InChI=1S/C10H13N3O5/c1-13(3-2-9(16)17)8(15)5-6-4-7(14)12-10(18)11-6/h4H,2-3,5H2,1H3,(H,16,17)(H2,11,12,14,18). The maximum Gasteiger partial charge on any atom is 0.325 e. The largest absolute Gasteiger partial charge is 0.481 e. The van der Waals surface area contributed by atoms with Gasteiger partial charge in [-0.25, -0.2) is 4.79 Å². The topological polar surface area (TPSA) is 123 Å². The zero-order valence-electron chi connectivity index (χ0n) is 9.73. The summed E-state index contributed by atoms with van der Waals surface area (Å²) in [6.07, 6.45) is -0.316. The first-order chi connectivity index (χ1) is 8.38. The van der Waals surface area contributed by atoms with Crippen molar-refractivity contribution in [1.29, 1.82) is 0 Å². The smallest absolute Gasteiger partial charge is 0.325 e. The van der Waals surface area contributed by atoms with Gasteiger partial charge >= 0.3 is 11.7 Å². The molecule has 3 N–H and O–H groups in total. The van der Waals surface area contributed by atoms with E-state index in [4.69, 9.17) is 5.11 Å². The van der Waals surface area contributed by atoms with Crippen LogP contribution >= 0.6 is 0 Å². The third-order valence-corrected chi connectivity index (χ3v) is 2.24. The summed E-state index contributed by atoms with van der Waals surface area (Å²) in [5, 5.41) is 8.48. The molecule has 0 atom stereocenters. The van der Waals surface area contributed by atoms with Gasteiger partial charge in [-0.05, 0) is 0 Å². The van der Waals surface area contributed by atoms with Crippen LogP contribution in [0.5, 0.6) is 0 Å². The number of hydrogen-bond donors (Lipinski definition) is 3. The minimum atomic E-state index is -1.00. The van der Waals surface area contributed by atoms with Crippen molar-refractivity contribution in [2.45, 2.75) is 12.8 Å². The van der Waals surface area contributed by atoms with Gasteiger partial charge in [-0.3, -0.25) is 19.4 Å². The molecule has 0 bridgehead atoms. The lowest BCUT2D eigenvalue weighted by atomic mass is 10.2. The van der Waals surface area contributed by atoms with Crippen LogP contribution in [0.1, 0.15) is 12.1 Å². The maximum atomic E-state index is 11.6. The van der Waals surface area contributed by atoms with Gasteiger partial charge < -0.3 is 15.0 Å². The highest BCUT2D eigenvalue weighted by molar-refractivity contribution is 5.78. The monoisotopic (exact) mass is 255 g/mol. The number of aliphatic carboxylic acids is 1. The Morgan fingerprint density at radius 2 is 2.00 bits per heavy atom. The zero-order chi connectivity index (χ0) is 13.7. The van der Waals surface area contributed by atoms with Gasteiger partial charge in [-0.1, -0.05) is 0 Å². The molecule has 18 heavy (non-hydrogen) atoms. The molecule has 0 aromatic carbocycles. The van der Waals surface area contributed by atoms with E-state index in [1.165, 1.54) is 11.9 Å². The quantitative estimate of drug-likeness (QED) is 0.593. The number of carbonyl (C=O) groups is 2. The number of nitrogens with one attached hydrogen (secondary N) is 2. The number of hydrogen-bond acceptors (Lipinski definition) is 4. The summed E-state index contributed by atoms with van der Waals surface area (Å²) >= 11 is 0. The average Bonchev–Trinajstić information content (AvgIpc) is 2.24. The number of nitrogens with zero attached hydrogens (tertiary/aromatic N) is 1. The van der Waals surface area contributed by atoms with E-state index in [0.29, 0.717) is 0 Å². The number of aromatic nitrogens is 2. The first-order valence-electron chi connectivity index (χ1n) is 5.17. The number of amides is 1. The summed E-state index contributed by atoms with van der Waals surface area (Å²) in [6, 6.07) is 1.12. The highest BCUT2D eigenvalue weighted by atomic mass is 16.4. The number of carboxylic acids is 1. The molecule has 0 unspecified atom stereocenters. The fourth-order valence-electron chi connectivity index (χ4n) is 1.30. The van der Waals surface area contributed by atoms with E-state index in [1.54, 1.807) is 0 Å². The molecule has 0 fully saturated rings. The number of aromatic amines is 2. The minimum absolute atomic E-state index is 0.0710. The van der Waals surface area contributed by atoms with Crippen molar-refractivity contribution >= 4 is 11.9 Å². The van der Waals surface area contributed by atoms with Crippen LogP contribution in [0.4, 0.5) is 0 Å². The summed E-state index contributed by atoms with van der Waals surface area (Å²) < 4.78 is 0. The van der Waals surface area contributed by atoms with Gasteiger partial charge in [0.2, 0.25) is 5.91 Å². The van der Waals surface area contributed by atoms with Crippen LogP contribution < -0.4 is 11.2 Å². The number of likely N-dealkylation sites (N-methyl/N-ethyl adjacent to an activating group) is 1. The van der Waals surface area contributed by atoms with Crippen molar-refractivity contribution < 1.29 is 14.7 Å². The predicted molar refractivity (Wildman–Crippen MR) is 61.3 cm³/mol. The molecule has 0 saturated heterocycles. The molecule has 98 valence electrons. The summed E-state index contributed by atoms with van der Waals surface area (Å²) in [5.74, 6) is -1.38. The van der Waals surface area contributed by atoms with Crippen LogP contribution in [0.25, 0.3) is 0 Å². The average molecular weight is 255 g/mol. The van der Waals surface area contributed by atoms with E-state index in [-0.39, 0.29) is 31.0 Å². The van der Waals surface area contributed by atoms with Crippen molar-refractivity contribution in [3.05, 3.63) is 32.6 Å². The first kappa shape index (κ1) is 13.7. The molecule has 1 aromatic rings. The minimum Gasteiger partial charge on any atom is -0.481 e. The summed E-state index contributed by atoms with van der Waals surface area (Å²) in [7, 11) is 1.45. The van der Waals surface area contributed by atoms with Crippen LogP contribution in [0.3, 0.4) is 0 Å². The van der Waals surface area contributed by atoms with E-state index in [1.807, 2.05) is 4.98 Å². The second kappa shape index (κ2) is 5.80. The third-order valence-electron chi connectivity index (χ3n) is 2.24. The molecule has 0 radical (unpaired) electrons. The first-order valence-corrected chi connectivity index (χ1v) is 5.17. The molecule has 0 saturated carbocycles. The molecule has 1 amide bonds. The van der Waals surface area contributed by atoms with Crippen LogP contribution in [0.15, 0.2) is 15.7 Å². The maximum absolute atomic E-state index is 11.6. The molecule has 8 heteroatoms. The Morgan fingerprint density at radius 1 is 1.33 bits per heavy atom. The molecule has 1 aromatic heterocycles. The van der Waals surface area contributed by atoms with Crippen molar-refractivity contribution in [2.75, 3.05) is 13.6 Å². The van der Waals surface area contributed by atoms with Crippen LogP contribution in [0.2, 0.25) is 0 Å². The SMILES string of the molecule is CN(CCC(=O)O)C(=O)Cc1cc(=O)[nH]c(=O)[nH]1. The Kier molecular flexibility index (Phi) is 4.41. The molecule has 0 spiro atoms. The summed E-state index contributed by atoms with van der Waals surface area (Å²) in [4.78, 5) is 49.5. The lowest BCUT2D eigenvalue weighted by molar-refractivity contribution is -0.138. The fourth-order valence-corrected chi connectivity index (χ4v) is 1.30. The van der Waals surface area contributed by atoms with Gasteiger partial charge in [0.1, 0.15) is 0 Å². The highest BCUT2D eigenvalue weighted by Gasteiger charge is 2.11. The third kappa shape index (κ3) is 4.24. The molecule has 1 heterocycles. The van der Waals surface area contributed by atoms with Crippen molar-refractivity contribution in [1.82, 2.24) is 14.9 Å². The molecule has 1 rings (SSSR count). The van der Waals surface area contributed by atoms with E-state index in [0.717, 1.165) is 6.07 Å². The van der Waals surface area contributed by atoms with Crippen molar-refractivity contribution in [2.24, 2.45) is 0 Å². The fraction of sp³-hybridized carbons (Fsp3) is 0.400. The number of H-pyrrole nitrogens is 2. The van der Waals surface area contributed by atoms with Crippen LogP contribution in [-0.2, 0) is 16.0 Å². The van der Waals surface area contributed by atoms with E-state index >= 15 is 0 Å². The zero-order valence-corrected chi connectivity index (χ0v) is 9.73. The molecular formula is C10H13N3O5. The molecule has 0 aliphatic heterocycles. The predicted octanol–water partition coefficient (Wildman–Crippen LogP) is -1.46. The lowest BCUT2D eigenvalue weighted by Crippen LogP contribution is -2.32. The Bertz CT molecular complexity index is 531. The molecule has 0 aliphatic rings. The molecular weight excluding hydrogens is 242 g/mol. The summed E-state index contributed by atoms with van der Waals surface area (Å²) in [6.45, 7) is 0.0710. The van der Waals surface area contributed by atoms with E-state index < -0.39 is 17.2 Å². The van der Waals surface area contributed by atoms with Gasteiger partial charge in [0.25, 0.3) is 5.56 Å².